The van der Waals surface area contributed by atoms with Gasteiger partial charge >= 0.3 is 0 Å². The lowest BCUT2D eigenvalue weighted by atomic mass is 9.87. The monoisotopic (exact) mass is 512 g/mol. The molecule has 2 atom stereocenters. The highest BCUT2D eigenvalue weighted by atomic mass is 16.5. The van der Waals surface area contributed by atoms with E-state index in [-0.39, 0.29) is 6.10 Å². The zero-order valence-corrected chi connectivity index (χ0v) is 22.0. The number of pyridine rings is 1. The second kappa shape index (κ2) is 13.4. The van der Waals surface area contributed by atoms with Crippen molar-refractivity contribution in [3.8, 4) is 11.5 Å². The van der Waals surface area contributed by atoms with Crippen LogP contribution in [0.1, 0.15) is 35.4 Å². The summed E-state index contributed by atoms with van der Waals surface area (Å²) in [4.78, 5) is 4.24. The Hall–Kier alpha value is -3.45. The van der Waals surface area contributed by atoms with E-state index in [9.17, 15) is 0 Å². The first-order valence-corrected chi connectivity index (χ1v) is 13.4. The van der Waals surface area contributed by atoms with E-state index in [1.807, 2.05) is 42.7 Å². The van der Waals surface area contributed by atoms with Crippen LogP contribution in [0.15, 0.2) is 85.2 Å². The van der Waals surface area contributed by atoms with E-state index in [0.29, 0.717) is 32.3 Å². The minimum atomic E-state index is 0.125. The van der Waals surface area contributed by atoms with Crippen molar-refractivity contribution in [2.24, 2.45) is 0 Å². The van der Waals surface area contributed by atoms with Gasteiger partial charge in [0.25, 0.3) is 0 Å². The fraction of sp³-hybridized carbons (Fsp3) is 0.344. The molecule has 0 saturated carbocycles. The quantitative estimate of drug-likeness (QED) is 0.239. The molecule has 6 heteroatoms. The molecular formula is C32H36N2O4. The van der Waals surface area contributed by atoms with E-state index < -0.39 is 0 Å². The molecule has 38 heavy (non-hydrogen) atoms. The average Bonchev–Trinajstić information content (AvgIpc) is 2.98. The number of methoxy groups -OCH3 is 1. The van der Waals surface area contributed by atoms with Crippen LogP contribution in [-0.2, 0) is 22.7 Å². The number of nitrogens with zero attached hydrogens (tertiary/aromatic N) is 1. The normalized spacial score (nSPS) is 17.4. The Bertz CT molecular complexity index is 1290. The number of para-hydroxylation sites is 1. The van der Waals surface area contributed by atoms with Crippen molar-refractivity contribution in [2.75, 3.05) is 33.4 Å². The third-order valence-electron chi connectivity index (χ3n) is 7.06. The summed E-state index contributed by atoms with van der Waals surface area (Å²) in [7, 11) is 1.68. The summed E-state index contributed by atoms with van der Waals surface area (Å²) < 4.78 is 23.6. The minimum absolute atomic E-state index is 0.125. The van der Waals surface area contributed by atoms with Gasteiger partial charge in [0.1, 0.15) is 11.5 Å². The van der Waals surface area contributed by atoms with E-state index in [4.69, 9.17) is 18.9 Å². The molecule has 5 rings (SSSR count). The van der Waals surface area contributed by atoms with Gasteiger partial charge in [0.15, 0.2) is 0 Å². The minimum Gasteiger partial charge on any atom is -0.496 e. The second-order valence-corrected chi connectivity index (χ2v) is 9.64. The largest absolute Gasteiger partial charge is 0.496 e. The molecule has 3 aromatic carbocycles. The number of piperidine rings is 1. The van der Waals surface area contributed by atoms with Crippen LogP contribution in [0.3, 0.4) is 0 Å². The zero-order valence-electron chi connectivity index (χ0n) is 22.0. The fourth-order valence-electron chi connectivity index (χ4n) is 4.98. The van der Waals surface area contributed by atoms with E-state index in [2.05, 4.69) is 52.8 Å². The Balaban J connectivity index is 1.08. The van der Waals surface area contributed by atoms with Crippen LogP contribution in [-0.4, -0.2) is 44.5 Å². The number of rotatable bonds is 12. The van der Waals surface area contributed by atoms with E-state index in [1.165, 1.54) is 16.5 Å². The third kappa shape index (κ3) is 6.90. The number of aromatic nitrogens is 1. The van der Waals surface area contributed by atoms with Crippen molar-refractivity contribution in [1.82, 2.24) is 10.3 Å². The van der Waals surface area contributed by atoms with Gasteiger partial charge in [0, 0.05) is 42.2 Å². The summed E-state index contributed by atoms with van der Waals surface area (Å²) in [5.41, 5.74) is 3.53. The van der Waals surface area contributed by atoms with E-state index in [1.54, 1.807) is 7.11 Å². The van der Waals surface area contributed by atoms with Gasteiger partial charge < -0.3 is 24.3 Å². The van der Waals surface area contributed by atoms with E-state index in [0.717, 1.165) is 48.4 Å². The molecule has 1 aromatic heterocycles. The highest BCUT2D eigenvalue weighted by Crippen LogP contribution is 2.30. The highest BCUT2D eigenvalue weighted by molar-refractivity contribution is 5.81. The van der Waals surface area contributed by atoms with Crippen LogP contribution < -0.4 is 14.8 Å². The maximum atomic E-state index is 6.43. The van der Waals surface area contributed by atoms with Gasteiger partial charge in [-0.25, -0.2) is 0 Å². The number of nitrogens with one attached hydrogen (secondary N) is 1. The van der Waals surface area contributed by atoms with Gasteiger partial charge in [0.05, 0.1) is 39.6 Å². The lowest BCUT2D eigenvalue weighted by Gasteiger charge is -2.32. The third-order valence-corrected chi connectivity index (χ3v) is 7.06. The molecule has 1 N–H and O–H groups in total. The summed E-state index contributed by atoms with van der Waals surface area (Å²) in [6, 6.07) is 24.9. The van der Waals surface area contributed by atoms with Crippen LogP contribution in [0.25, 0.3) is 10.8 Å². The van der Waals surface area contributed by atoms with Crippen LogP contribution in [0.5, 0.6) is 11.5 Å². The molecule has 0 unspecified atom stereocenters. The molecule has 0 aliphatic carbocycles. The van der Waals surface area contributed by atoms with Crippen molar-refractivity contribution in [2.45, 2.75) is 38.1 Å². The van der Waals surface area contributed by atoms with Crippen LogP contribution in [0, 0.1) is 0 Å². The Morgan fingerprint density at radius 2 is 1.82 bits per heavy atom. The zero-order chi connectivity index (χ0) is 26.0. The highest BCUT2D eigenvalue weighted by Gasteiger charge is 2.27. The van der Waals surface area contributed by atoms with E-state index >= 15 is 0 Å². The maximum Gasteiger partial charge on any atom is 0.124 e. The van der Waals surface area contributed by atoms with Gasteiger partial charge in [-0.1, -0.05) is 42.5 Å². The number of hydrogen-bond donors (Lipinski definition) is 1. The van der Waals surface area contributed by atoms with Crippen molar-refractivity contribution in [3.63, 3.8) is 0 Å². The molecule has 0 radical (unpaired) electrons. The van der Waals surface area contributed by atoms with Gasteiger partial charge in [-0.2, -0.15) is 0 Å². The molecule has 198 valence electrons. The summed E-state index contributed by atoms with van der Waals surface area (Å²) in [6.07, 6.45) is 5.73. The Labute approximate surface area is 224 Å². The molecule has 6 nitrogen and oxygen atoms in total. The van der Waals surface area contributed by atoms with Crippen LogP contribution >= 0.6 is 0 Å². The summed E-state index contributed by atoms with van der Waals surface area (Å²) in [5.74, 6) is 2.10. The van der Waals surface area contributed by atoms with Gasteiger partial charge in [-0.05, 0) is 59.8 Å². The SMILES string of the molecule is COc1ccccc1COCCCOc1ccc([C@@H]2CCNC[C@@H]2OCc2ccc3ccncc3c2)cc1. The standard InChI is InChI=1S/C32H36N2O4/c1-35-31-6-3-2-5-27(31)23-36-17-4-18-37-29-11-9-26(10-12-29)30-14-16-34-21-32(30)38-22-24-7-8-25-13-15-33-20-28(25)19-24/h2-3,5-13,15,19-20,30,32,34H,4,14,16-18,21-23H2,1H3/t30-,32-/m0/s1. The second-order valence-electron chi connectivity index (χ2n) is 9.64. The summed E-state index contributed by atoms with van der Waals surface area (Å²) >= 11 is 0. The Morgan fingerprint density at radius 1 is 0.921 bits per heavy atom. The van der Waals surface area contributed by atoms with Gasteiger partial charge in [0.2, 0.25) is 0 Å². The average molecular weight is 513 g/mol. The van der Waals surface area contributed by atoms with Crippen LogP contribution in [0.4, 0.5) is 0 Å². The smallest absolute Gasteiger partial charge is 0.124 e. The molecule has 2 heterocycles. The van der Waals surface area contributed by atoms with Gasteiger partial charge in [-0.15, -0.1) is 0 Å². The predicted molar refractivity (Wildman–Crippen MR) is 150 cm³/mol. The maximum absolute atomic E-state index is 6.43. The topological polar surface area (TPSA) is 61.8 Å². The molecule has 0 amide bonds. The molecule has 1 aliphatic rings. The van der Waals surface area contributed by atoms with Crippen molar-refractivity contribution >= 4 is 10.8 Å². The molecule has 4 aromatic rings. The Kier molecular flexibility index (Phi) is 9.21. The molecule has 0 spiro atoms. The predicted octanol–water partition coefficient (Wildman–Crippen LogP) is 5.89. The first-order valence-electron chi connectivity index (χ1n) is 13.4. The number of hydrogen-bond acceptors (Lipinski definition) is 6. The summed E-state index contributed by atoms with van der Waals surface area (Å²) in [6.45, 7) is 4.24. The van der Waals surface area contributed by atoms with Crippen molar-refractivity contribution in [3.05, 3.63) is 102 Å². The fourth-order valence-corrected chi connectivity index (χ4v) is 4.98. The number of fused-ring (bicyclic) bond motifs is 1. The van der Waals surface area contributed by atoms with Crippen molar-refractivity contribution < 1.29 is 18.9 Å². The van der Waals surface area contributed by atoms with Crippen molar-refractivity contribution in [1.29, 1.82) is 0 Å². The first-order chi connectivity index (χ1) is 18.8. The van der Waals surface area contributed by atoms with Gasteiger partial charge in [-0.3, -0.25) is 4.98 Å². The lowest BCUT2D eigenvalue weighted by Crippen LogP contribution is -2.40. The molecule has 0 bridgehead atoms. The number of ether oxygens (including phenoxy) is 4. The Morgan fingerprint density at radius 3 is 2.71 bits per heavy atom. The molecule has 1 fully saturated rings. The van der Waals surface area contributed by atoms with Crippen LogP contribution in [0.2, 0.25) is 0 Å². The lowest BCUT2D eigenvalue weighted by molar-refractivity contribution is 0.0106. The number of benzene rings is 3. The molecular weight excluding hydrogens is 476 g/mol. The first kappa shape index (κ1) is 26.2. The molecule has 1 aliphatic heterocycles. The molecule has 1 saturated heterocycles. The summed E-state index contributed by atoms with van der Waals surface area (Å²) in [5, 5.41) is 5.84.